The van der Waals surface area contributed by atoms with Crippen LogP contribution in [0, 0.1) is 6.92 Å². The molecule has 0 bridgehead atoms. The average molecular weight is 254 g/mol. The van der Waals surface area contributed by atoms with Crippen molar-refractivity contribution < 1.29 is 4.74 Å². The Morgan fingerprint density at radius 1 is 1.53 bits per heavy atom. The third kappa shape index (κ3) is 3.78. The predicted octanol–water partition coefficient (Wildman–Crippen LogP) is 2.13. The zero-order chi connectivity index (χ0) is 12.3. The fourth-order valence-electron chi connectivity index (χ4n) is 1.92. The van der Waals surface area contributed by atoms with E-state index in [0.29, 0.717) is 6.54 Å². The van der Waals surface area contributed by atoms with Crippen molar-refractivity contribution in [1.29, 1.82) is 0 Å². The molecular weight excluding hydrogens is 232 g/mol. The van der Waals surface area contributed by atoms with Crippen LogP contribution < -0.4 is 5.73 Å². The van der Waals surface area contributed by atoms with Crippen molar-refractivity contribution in [3.63, 3.8) is 0 Å². The van der Waals surface area contributed by atoms with Crippen LogP contribution in [0.15, 0.2) is 6.07 Å². The van der Waals surface area contributed by atoms with Crippen molar-refractivity contribution in [2.24, 2.45) is 5.73 Å². The largest absolute Gasteiger partial charge is 0.375 e. The van der Waals surface area contributed by atoms with E-state index in [-0.39, 0.29) is 0 Å². The molecule has 1 fully saturated rings. The van der Waals surface area contributed by atoms with Crippen molar-refractivity contribution in [3.05, 3.63) is 21.4 Å². The molecule has 1 aliphatic rings. The van der Waals surface area contributed by atoms with Gasteiger partial charge >= 0.3 is 0 Å². The molecule has 0 aromatic carbocycles. The number of rotatable bonds is 7. The summed E-state index contributed by atoms with van der Waals surface area (Å²) in [5.74, 6) is 0. The van der Waals surface area contributed by atoms with Gasteiger partial charge in [-0.15, -0.1) is 11.3 Å². The van der Waals surface area contributed by atoms with Gasteiger partial charge in [0.15, 0.2) is 0 Å². The van der Waals surface area contributed by atoms with Crippen LogP contribution in [-0.2, 0) is 17.9 Å². The van der Waals surface area contributed by atoms with Crippen LogP contribution >= 0.6 is 11.3 Å². The fourth-order valence-corrected chi connectivity index (χ4v) is 2.85. The molecule has 2 rings (SSSR count). The molecule has 17 heavy (non-hydrogen) atoms. The molecule has 0 amide bonds. The zero-order valence-corrected chi connectivity index (χ0v) is 11.6. The van der Waals surface area contributed by atoms with Gasteiger partial charge in [-0.3, -0.25) is 0 Å². The number of nitrogens with two attached hydrogens (primary N) is 1. The molecule has 0 atom stereocenters. The van der Waals surface area contributed by atoms with Gasteiger partial charge < -0.3 is 15.4 Å². The number of nitrogens with zero attached hydrogens (tertiary/aromatic N) is 1. The highest BCUT2D eigenvalue weighted by Crippen LogP contribution is 2.25. The maximum atomic E-state index is 5.73. The van der Waals surface area contributed by atoms with E-state index in [9.17, 15) is 0 Å². The van der Waals surface area contributed by atoms with Crippen LogP contribution in [-0.4, -0.2) is 31.1 Å². The molecule has 1 saturated carbocycles. The van der Waals surface area contributed by atoms with Crippen molar-refractivity contribution >= 4 is 11.3 Å². The number of ether oxygens (including phenoxy) is 1. The van der Waals surface area contributed by atoms with Gasteiger partial charge in [0.05, 0.1) is 13.2 Å². The lowest BCUT2D eigenvalue weighted by Gasteiger charge is -2.15. The third-order valence-corrected chi connectivity index (χ3v) is 4.40. The standard InChI is InChI=1S/C13H22N2OS/c1-10-11(7-13(8-14)17-10)9-16-6-5-15(2)12-3-4-12/h7,12H,3-6,8-9,14H2,1-2H3. The summed E-state index contributed by atoms with van der Waals surface area (Å²) >= 11 is 1.78. The first-order valence-electron chi connectivity index (χ1n) is 6.27. The Bertz CT molecular complexity index is 360. The molecule has 1 aliphatic carbocycles. The van der Waals surface area contributed by atoms with Gasteiger partial charge in [-0.2, -0.15) is 0 Å². The molecule has 4 heteroatoms. The average Bonchev–Trinajstić information content (AvgIpc) is 3.10. The van der Waals surface area contributed by atoms with Crippen LogP contribution in [0.25, 0.3) is 0 Å². The van der Waals surface area contributed by atoms with Crippen LogP contribution in [0.3, 0.4) is 0 Å². The zero-order valence-electron chi connectivity index (χ0n) is 10.7. The predicted molar refractivity (Wildman–Crippen MR) is 72.3 cm³/mol. The second kappa shape index (κ2) is 5.96. The minimum absolute atomic E-state index is 0.635. The van der Waals surface area contributed by atoms with E-state index in [1.54, 1.807) is 11.3 Å². The first kappa shape index (κ1) is 13.0. The summed E-state index contributed by atoms with van der Waals surface area (Å²) < 4.78 is 5.73. The summed E-state index contributed by atoms with van der Waals surface area (Å²) in [6.45, 7) is 5.35. The number of likely N-dealkylation sites (N-methyl/N-ethyl adjacent to an activating group) is 1. The Kier molecular flexibility index (Phi) is 4.56. The Balaban J connectivity index is 1.68. The molecule has 0 radical (unpaired) electrons. The van der Waals surface area contributed by atoms with Crippen molar-refractivity contribution in [1.82, 2.24) is 4.90 Å². The van der Waals surface area contributed by atoms with Crippen molar-refractivity contribution in [2.45, 2.75) is 39.0 Å². The molecule has 0 aliphatic heterocycles. The molecule has 1 heterocycles. The second-order valence-corrected chi connectivity index (χ2v) is 6.10. The van der Waals surface area contributed by atoms with Gasteiger partial charge in [-0.1, -0.05) is 0 Å². The Morgan fingerprint density at radius 3 is 2.88 bits per heavy atom. The number of hydrogen-bond acceptors (Lipinski definition) is 4. The van der Waals surface area contributed by atoms with E-state index >= 15 is 0 Å². The topological polar surface area (TPSA) is 38.5 Å². The first-order valence-corrected chi connectivity index (χ1v) is 7.08. The van der Waals surface area contributed by atoms with Crippen molar-refractivity contribution in [2.75, 3.05) is 20.2 Å². The highest BCUT2D eigenvalue weighted by molar-refractivity contribution is 7.12. The smallest absolute Gasteiger partial charge is 0.0728 e. The lowest BCUT2D eigenvalue weighted by molar-refractivity contribution is 0.0978. The summed E-state index contributed by atoms with van der Waals surface area (Å²) in [4.78, 5) is 4.98. The molecular formula is C13H22N2OS. The first-order chi connectivity index (χ1) is 8.20. The van der Waals surface area contributed by atoms with Gasteiger partial charge in [0.1, 0.15) is 0 Å². The second-order valence-electron chi connectivity index (χ2n) is 4.76. The molecule has 0 spiro atoms. The lowest BCUT2D eigenvalue weighted by atomic mass is 10.2. The fraction of sp³-hybridized carbons (Fsp3) is 0.692. The summed E-state index contributed by atoms with van der Waals surface area (Å²) in [6.07, 6.45) is 2.72. The Labute approximate surface area is 108 Å². The maximum absolute atomic E-state index is 5.73. The summed E-state index contributed by atoms with van der Waals surface area (Å²) in [6, 6.07) is 3.00. The Morgan fingerprint density at radius 2 is 2.29 bits per heavy atom. The number of aryl methyl sites for hydroxylation is 1. The van der Waals surface area contributed by atoms with Crippen LogP contribution in [0.2, 0.25) is 0 Å². The summed E-state index contributed by atoms with van der Waals surface area (Å²) in [5, 5.41) is 0. The molecule has 0 unspecified atom stereocenters. The van der Waals surface area contributed by atoms with E-state index in [2.05, 4.69) is 24.9 Å². The molecule has 1 aromatic heterocycles. The van der Waals surface area contributed by atoms with E-state index in [4.69, 9.17) is 10.5 Å². The highest BCUT2D eigenvalue weighted by Gasteiger charge is 2.25. The van der Waals surface area contributed by atoms with Gasteiger partial charge in [0, 0.05) is 28.9 Å². The van der Waals surface area contributed by atoms with Crippen LogP contribution in [0.4, 0.5) is 0 Å². The van der Waals surface area contributed by atoms with Crippen LogP contribution in [0.5, 0.6) is 0 Å². The summed E-state index contributed by atoms with van der Waals surface area (Å²) in [7, 11) is 2.18. The lowest BCUT2D eigenvalue weighted by Crippen LogP contribution is -2.25. The SMILES string of the molecule is Cc1sc(CN)cc1COCCN(C)C1CC1. The third-order valence-electron chi connectivity index (χ3n) is 3.29. The maximum Gasteiger partial charge on any atom is 0.0728 e. The number of hydrogen-bond donors (Lipinski definition) is 1. The molecule has 3 nitrogen and oxygen atoms in total. The van der Waals surface area contributed by atoms with Gasteiger partial charge in [0.2, 0.25) is 0 Å². The monoisotopic (exact) mass is 254 g/mol. The van der Waals surface area contributed by atoms with E-state index in [1.807, 2.05) is 0 Å². The van der Waals surface area contributed by atoms with E-state index in [1.165, 1.54) is 28.2 Å². The van der Waals surface area contributed by atoms with Crippen molar-refractivity contribution in [3.8, 4) is 0 Å². The summed E-state index contributed by atoms with van der Waals surface area (Å²) in [5.41, 5.74) is 6.93. The van der Waals surface area contributed by atoms with Crippen LogP contribution in [0.1, 0.15) is 28.2 Å². The van der Waals surface area contributed by atoms with E-state index in [0.717, 1.165) is 25.8 Å². The van der Waals surface area contributed by atoms with Gasteiger partial charge in [-0.25, -0.2) is 0 Å². The minimum atomic E-state index is 0.635. The normalized spacial score (nSPS) is 15.8. The molecule has 96 valence electrons. The number of thiophene rings is 1. The molecule has 1 aromatic rings. The highest BCUT2D eigenvalue weighted by atomic mass is 32.1. The Hall–Kier alpha value is -0.420. The molecule has 2 N–H and O–H groups in total. The van der Waals surface area contributed by atoms with Gasteiger partial charge in [0.25, 0.3) is 0 Å². The van der Waals surface area contributed by atoms with Gasteiger partial charge in [-0.05, 0) is 38.4 Å². The minimum Gasteiger partial charge on any atom is -0.375 e. The van der Waals surface area contributed by atoms with E-state index < -0.39 is 0 Å². The molecule has 0 saturated heterocycles. The quantitative estimate of drug-likeness (QED) is 0.758.